The van der Waals surface area contributed by atoms with Crippen LogP contribution < -0.4 is 4.74 Å². The number of aliphatic hydroxyl groups is 1. The summed E-state index contributed by atoms with van der Waals surface area (Å²) in [6.45, 7) is -0.971. The SMILES string of the molecule is OCc1ccc2c(c1)-n1nc(-c3ncnn3CC(F)(F)F)cc1CCO2. The third kappa shape index (κ3) is 3.03. The van der Waals surface area contributed by atoms with Crippen molar-refractivity contribution in [3.8, 4) is 23.0 Å². The molecule has 10 heteroatoms. The monoisotopic (exact) mass is 365 g/mol. The maximum absolute atomic E-state index is 12.7. The first-order chi connectivity index (χ1) is 12.4. The van der Waals surface area contributed by atoms with Gasteiger partial charge in [-0.15, -0.1) is 0 Å². The predicted molar refractivity (Wildman–Crippen MR) is 83.8 cm³/mol. The van der Waals surface area contributed by atoms with Gasteiger partial charge >= 0.3 is 6.18 Å². The zero-order chi connectivity index (χ0) is 18.3. The van der Waals surface area contributed by atoms with Crippen molar-refractivity contribution >= 4 is 0 Å². The highest BCUT2D eigenvalue weighted by Gasteiger charge is 2.31. The summed E-state index contributed by atoms with van der Waals surface area (Å²) in [4.78, 5) is 3.93. The van der Waals surface area contributed by atoms with E-state index < -0.39 is 12.7 Å². The van der Waals surface area contributed by atoms with Gasteiger partial charge in [0.25, 0.3) is 0 Å². The average molecular weight is 365 g/mol. The number of hydrogen-bond donors (Lipinski definition) is 1. The molecule has 0 bridgehead atoms. The molecule has 0 amide bonds. The quantitative estimate of drug-likeness (QED) is 0.769. The van der Waals surface area contributed by atoms with Gasteiger partial charge in [-0.05, 0) is 23.8 Å². The molecule has 26 heavy (non-hydrogen) atoms. The highest BCUT2D eigenvalue weighted by Crippen LogP contribution is 2.31. The van der Waals surface area contributed by atoms with Gasteiger partial charge in [-0.1, -0.05) is 6.07 Å². The molecule has 2 aromatic heterocycles. The van der Waals surface area contributed by atoms with Crippen LogP contribution >= 0.6 is 0 Å². The van der Waals surface area contributed by atoms with Crippen LogP contribution in [-0.4, -0.2) is 42.4 Å². The molecular weight excluding hydrogens is 351 g/mol. The largest absolute Gasteiger partial charge is 0.491 e. The Kier molecular flexibility index (Phi) is 3.91. The molecule has 0 saturated carbocycles. The first-order valence-corrected chi connectivity index (χ1v) is 7.85. The summed E-state index contributed by atoms with van der Waals surface area (Å²) >= 11 is 0. The molecule has 1 aliphatic rings. The number of benzene rings is 1. The van der Waals surface area contributed by atoms with Gasteiger partial charge in [-0.3, -0.25) is 0 Å². The van der Waals surface area contributed by atoms with Crippen molar-refractivity contribution in [2.24, 2.45) is 0 Å². The average Bonchev–Trinajstić information content (AvgIpc) is 3.17. The fraction of sp³-hybridized carbons (Fsp3) is 0.312. The number of hydrogen-bond acceptors (Lipinski definition) is 5. The second kappa shape index (κ2) is 6.13. The fourth-order valence-electron chi connectivity index (χ4n) is 2.88. The molecule has 1 N–H and O–H groups in total. The van der Waals surface area contributed by atoms with Crippen LogP contribution in [0.2, 0.25) is 0 Å². The summed E-state index contributed by atoms with van der Waals surface area (Å²) in [5, 5.41) is 17.4. The van der Waals surface area contributed by atoms with Gasteiger partial charge in [0, 0.05) is 12.1 Å². The van der Waals surface area contributed by atoms with Crippen LogP contribution in [0.4, 0.5) is 13.2 Å². The van der Waals surface area contributed by atoms with Crippen molar-refractivity contribution in [2.45, 2.75) is 25.7 Å². The lowest BCUT2D eigenvalue weighted by molar-refractivity contribution is -0.142. The number of halogens is 3. The summed E-state index contributed by atoms with van der Waals surface area (Å²) in [6, 6.07) is 6.90. The molecule has 7 nitrogen and oxygen atoms in total. The highest BCUT2D eigenvalue weighted by atomic mass is 19.4. The highest BCUT2D eigenvalue weighted by molar-refractivity contribution is 5.55. The van der Waals surface area contributed by atoms with Gasteiger partial charge in [0.05, 0.1) is 13.2 Å². The zero-order valence-corrected chi connectivity index (χ0v) is 13.4. The van der Waals surface area contributed by atoms with E-state index in [0.29, 0.717) is 35.7 Å². The van der Waals surface area contributed by atoms with Crippen LogP contribution in [0.1, 0.15) is 11.3 Å². The molecule has 0 fully saturated rings. The first-order valence-electron chi connectivity index (χ1n) is 7.85. The molecule has 1 aliphatic heterocycles. The van der Waals surface area contributed by atoms with E-state index in [2.05, 4.69) is 15.2 Å². The van der Waals surface area contributed by atoms with Crippen molar-refractivity contribution in [2.75, 3.05) is 6.61 Å². The van der Waals surface area contributed by atoms with E-state index in [1.54, 1.807) is 28.9 Å². The second-order valence-electron chi connectivity index (χ2n) is 5.85. The lowest BCUT2D eigenvalue weighted by Gasteiger charge is -2.10. The van der Waals surface area contributed by atoms with Crippen molar-refractivity contribution in [3.05, 3.63) is 41.9 Å². The van der Waals surface area contributed by atoms with Crippen LogP contribution in [0.25, 0.3) is 17.2 Å². The molecule has 0 atom stereocenters. The van der Waals surface area contributed by atoms with E-state index in [-0.39, 0.29) is 12.4 Å². The molecule has 3 heterocycles. The predicted octanol–water partition coefficient (Wildman–Crippen LogP) is 2.12. The number of nitrogens with zero attached hydrogens (tertiary/aromatic N) is 5. The lowest BCUT2D eigenvalue weighted by Crippen LogP contribution is -2.19. The van der Waals surface area contributed by atoms with Crippen LogP contribution in [0.15, 0.2) is 30.6 Å². The Morgan fingerprint density at radius 1 is 1.23 bits per heavy atom. The third-order valence-electron chi connectivity index (χ3n) is 4.01. The van der Waals surface area contributed by atoms with E-state index in [4.69, 9.17) is 4.74 Å². The lowest BCUT2D eigenvalue weighted by atomic mass is 10.2. The van der Waals surface area contributed by atoms with Crippen LogP contribution in [0.3, 0.4) is 0 Å². The number of alkyl halides is 3. The summed E-state index contributed by atoms with van der Waals surface area (Å²) in [5.74, 6) is 0.635. The third-order valence-corrected chi connectivity index (χ3v) is 4.01. The van der Waals surface area contributed by atoms with Crippen molar-refractivity contribution in [3.63, 3.8) is 0 Å². The summed E-state index contributed by atoms with van der Waals surface area (Å²) < 4.78 is 46.2. The second-order valence-corrected chi connectivity index (χ2v) is 5.85. The van der Waals surface area contributed by atoms with E-state index in [9.17, 15) is 18.3 Å². The minimum Gasteiger partial charge on any atom is -0.491 e. The van der Waals surface area contributed by atoms with Gasteiger partial charge in [0.1, 0.15) is 30.0 Å². The normalized spacial score (nSPS) is 13.7. The number of aromatic nitrogens is 5. The standard InChI is InChI=1S/C16H14F3N5O2/c17-16(18,19)8-23-15(20-9-21-23)12-6-11-3-4-26-14-2-1-10(7-25)5-13(14)24(11)22-12/h1-2,5-6,9,25H,3-4,7-8H2. The van der Waals surface area contributed by atoms with Crippen molar-refractivity contribution in [1.82, 2.24) is 24.5 Å². The number of rotatable bonds is 3. The van der Waals surface area contributed by atoms with E-state index in [0.717, 1.165) is 16.7 Å². The fourth-order valence-corrected chi connectivity index (χ4v) is 2.88. The topological polar surface area (TPSA) is 78.0 Å². The maximum Gasteiger partial charge on any atom is 0.408 e. The van der Waals surface area contributed by atoms with Crippen LogP contribution in [0, 0.1) is 0 Å². The summed E-state index contributed by atoms with van der Waals surface area (Å²) in [6.07, 6.45) is -2.80. The van der Waals surface area contributed by atoms with Crippen molar-refractivity contribution in [1.29, 1.82) is 0 Å². The number of aliphatic hydroxyl groups excluding tert-OH is 1. The van der Waals surface area contributed by atoms with E-state index in [1.807, 2.05) is 0 Å². The van der Waals surface area contributed by atoms with Gasteiger partial charge < -0.3 is 9.84 Å². The maximum atomic E-state index is 12.7. The smallest absolute Gasteiger partial charge is 0.408 e. The Balaban J connectivity index is 1.79. The van der Waals surface area contributed by atoms with Gasteiger partial charge in [0.15, 0.2) is 5.82 Å². The molecule has 0 aliphatic carbocycles. The van der Waals surface area contributed by atoms with Gasteiger partial charge in [-0.25, -0.2) is 14.3 Å². The number of fused-ring (bicyclic) bond motifs is 3. The Hall–Kier alpha value is -2.88. The van der Waals surface area contributed by atoms with Gasteiger partial charge in [0.2, 0.25) is 0 Å². The van der Waals surface area contributed by atoms with Crippen molar-refractivity contribution < 1.29 is 23.0 Å². The Morgan fingerprint density at radius 2 is 2.08 bits per heavy atom. The molecule has 0 radical (unpaired) electrons. The Bertz CT molecular complexity index is 948. The Labute approximate surface area is 145 Å². The minimum atomic E-state index is -4.41. The molecule has 136 valence electrons. The first kappa shape index (κ1) is 16.6. The number of ether oxygens (including phenoxy) is 1. The molecule has 0 unspecified atom stereocenters. The molecule has 0 saturated heterocycles. The molecular formula is C16H14F3N5O2. The van der Waals surface area contributed by atoms with Crippen LogP contribution in [0.5, 0.6) is 5.75 Å². The summed E-state index contributed by atoms with van der Waals surface area (Å²) in [5.41, 5.74) is 2.37. The summed E-state index contributed by atoms with van der Waals surface area (Å²) in [7, 11) is 0. The van der Waals surface area contributed by atoms with E-state index in [1.165, 1.54) is 0 Å². The molecule has 4 rings (SSSR count). The van der Waals surface area contributed by atoms with Gasteiger partial charge in [-0.2, -0.15) is 23.4 Å². The molecule has 0 spiro atoms. The van der Waals surface area contributed by atoms with Crippen LogP contribution in [-0.2, 0) is 19.6 Å². The molecule has 1 aromatic carbocycles. The zero-order valence-electron chi connectivity index (χ0n) is 13.4. The Morgan fingerprint density at radius 3 is 2.85 bits per heavy atom. The minimum absolute atomic E-state index is 0.0451. The molecule has 3 aromatic rings. The van der Waals surface area contributed by atoms with E-state index >= 15 is 0 Å².